The SMILES string of the molecule is COc1cc2c(c(OC)c1OC)-c1ccc(NCCCCCC(=O)N(C)Cc3ccccc3)c(=O)cc1C(NC(C)=O)CC2. The van der Waals surface area contributed by atoms with Crippen LogP contribution in [0.4, 0.5) is 5.69 Å². The molecule has 9 heteroatoms. The third-order valence-electron chi connectivity index (χ3n) is 7.99. The highest BCUT2D eigenvalue weighted by Crippen LogP contribution is 2.50. The molecule has 0 heterocycles. The summed E-state index contributed by atoms with van der Waals surface area (Å²) in [7, 11) is 6.56. The molecule has 1 unspecified atom stereocenters. The number of amides is 2. The number of carbonyl (C=O) groups excluding carboxylic acids is 2. The lowest BCUT2D eigenvalue weighted by atomic mass is 9.95. The number of unbranched alkanes of at least 4 members (excludes halogenated alkanes) is 2. The molecule has 0 saturated heterocycles. The quantitative estimate of drug-likeness (QED) is 0.250. The summed E-state index contributed by atoms with van der Waals surface area (Å²) in [5.41, 5.74) is 4.72. The number of nitrogens with one attached hydrogen (secondary N) is 2. The summed E-state index contributed by atoms with van der Waals surface area (Å²) >= 11 is 0. The summed E-state index contributed by atoms with van der Waals surface area (Å²) in [5.74, 6) is 1.49. The first-order valence-electron chi connectivity index (χ1n) is 15.1. The van der Waals surface area contributed by atoms with Crippen LogP contribution < -0.4 is 30.3 Å². The number of fused-ring (bicyclic) bond motifs is 3. The van der Waals surface area contributed by atoms with E-state index in [9.17, 15) is 14.4 Å². The van der Waals surface area contributed by atoms with Crippen molar-refractivity contribution in [3.63, 3.8) is 0 Å². The van der Waals surface area contributed by atoms with Crippen molar-refractivity contribution in [3.8, 4) is 28.4 Å². The fraction of sp³-hybridized carbons (Fsp3) is 0.400. The van der Waals surface area contributed by atoms with Crippen molar-refractivity contribution in [1.82, 2.24) is 10.2 Å². The Hall–Kier alpha value is -4.53. The summed E-state index contributed by atoms with van der Waals surface area (Å²) in [6.07, 6.45) is 4.18. The molecule has 234 valence electrons. The zero-order valence-electron chi connectivity index (χ0n) is 26.3. The van der Waals surface area contributed by atoms with Gasteiger partial charge in [-0.05, 0) is 66.1 Å². The Balaban J connectivity index is 1.49. The Morgan fingerprint density at radius 3 is 2.36 bits per heavy atom. The van der Waals surface area contributed by atoms with Gasteiger partial charge in [0.2, 0.25) is 23.0 Å². The van der Waals surface area contributed by atoms with E-state index in [0.717, 1.165) is 47.1 Å². The normalized spacial score (nSPS) is 13.5. The second kappa shape index (κ2) is 15.3. The van der Waals surface area contributed by atoms with E-state index in [1.54, 1.807) is 38.4 Å². The van der Waals surface area contributed by atoms with Crippen LogP contribution in [0.1, 0.15) is 61.8 Å². The number of nitrogens with zero attached hydrogens (tertiary/aromatic N) is 1. The number of anilines is 1. The average molecular weight is 602 g/mol. The van der Waals surface area contributed by atoms with Gasteiger partial charge in [0, 0.05) is 39.0 Å². The molecule has 0 spiro atoms. The second-order valence-corrected chi connectivity index (χ2v) is 11.1. The molecule has 1 atom stereocenters. The van der Waals surface area contributed by atoms with Gasteiger partial charge in [0.25, 0.3) is 0 Å². The first-order valence-corrected chi connectivity index (χ1v) is 15.1. The minimum absolute atomic E-state index is 0.124. The standard InChI is InChI=1S/C35H43N3O6/c1-23(39)37-28-17-15-25-20-31(42-3)34(43-4)35(44-5)33(25)26-16-18-29(30(40)21-27(26)28)36-19-11-7-10-14-32(41)38(2)22-24-12-8-6-9-13-24/h6,8-9,12-13,16,18,20-21,28H,7,10-11,14-15,17,19,22H2,1-5H3,(H,36,40)(H,37,39). The highest BCUT2D eigenvalue weighted by molar-refractivity contribution is 5.83. The van der Waals surface area contributed by atoms with Crippen molar-refractivity contribution in [2.75, 3.05) is 40.2 Å². The first-order chi connectivity index (χ1) is 21.3. The van der Waals surface area contributed by atoms with E-state index in [2.05, 4.69) is 10.6 Å². The third kappa shape index (κ3) is 7.70. The number of hydrogen-bond acceptors (Lipinski definition) is 7. The fourth-order valence-corrected chi connectivity index (χ4v) is 5.79. The van der Waals surface area contributed by atoms with E-state index in [1.165, 1.54) is 6.92 Å². The molecule has 0 radical (unpaired) electrons. The Kier molecular flexibility index (Phi) is 11.2. The summed E-state index contributed by atoms with van der Waals surface area (Å²) < 4.78 is 17.1. The van der Waals surface area contributed by atoms with Crippen molar-refractivity contribution >= 4 is 17.5 Å². The molecule has 0 fully saturated rings. The predicted octanol–water partition coefficient (Wildman–Crippen LogP) is 5.49. The van der Waals surface area contributed by atoms with E-state index in [0.29, 0.717) is 55.3 Å². The summed E-state index contributed by atoms with van der Waals surface area (Å²) in [6, 6.07) is 16.8. The van der Waals surface area contributed by atoms with Crippen molar-refractivity contribution in [3.05, 3.63) is 81.5 Å². The Morgan fingerprint density at radius 2 is 1.68 bits per heavy atom. The molecule has 0 aromatic heterocycles. The summed E-state index contributed by atoms with van der Waals surface area (Å²) in [4.78, 5) is 39.9. The molecule has 3 aromatic carbocycles. The van der Waals surface area contributed by atoms with Crippen molar-refractivity contribution < 1.29 is 23.8 Å². The smallest absolute Gasteiger partial charge is 0.222 e. The van der Waals surface area contributed by atoms with Crippen LogP contribution in [0.25, 0.3) is 11.1 Å². The number of aryl methyl sites for hydroxylation is 1. The van der Waals surface area contributed by atoms with Crippen LogP contribution in [0.15, 0.2) is 59.4 Å². The van der Waals surface area contributed by atoms with E-state index in [-0.39, 0.29) is 23.3 Å². The van der Waals surface area contributed by atoms with Crippen LogP contribution >= 0.6 is 0 Å². The van der Waals surface area contributed by atoms with Gasteiger partial charge in [-0.2, -0.15) is 0 Å². The molecule has 2 N–H and O–H groups in total. The van der Waals surface area contributed by atoms with E-state index in [4.69, 9.17) is 14.2 Å². The molecular formula is C35H43N3O6. The lowest BCUT2D eigenvalue weighted by Crippen LogP contribution is -2.26. The minimum Gasteiger partial charge on any atom is -0.493 e. The Labute approximate surface area is 259 Å². The maximum Gasteiger partial charge on any atom is 0.222 e. The lowest BCUT2D eigenvalue weighted by molar-refractivity contribution is -0.130. The van der Waals surface area contributed by atoms with Gasteiger partial charge in [-0.15, -0.1) is 0 Å². The molecule has 2 amide bonds. The Bertz CT molecular complexity index is 1530. The average Bonchev–Trinajstić information content (AvgIpc) is 3.26. The van der Waals surface area contributed by atoms with Gasteiger partial charge >= 0.3 is 0 Å². The number of rotatable bonds is 13. The van der Waals surface area contributed by atoms with Gasteiger partial charge in [0.1, 0.15) is 0 Å². The van der Waals surface area contributed by atoms with Crippen LogP contribution in [-0.4, -0.2) is 51.6 Å². The molecular weight excluding hydrogens is 558 g/mol. The third-order valence-corrected chi connectivity index (χ3v) is 7.99. The summed E-state index contributed by atoms with van der Waals surface area (Å²) in [5, 5.41) is 6.33. The molecule has 1 aliphatic carbocycles. The molecule has 44 heavy (non-hydrogen) atoms. The molecule has 0 aliphatic heterocycles. The Morgan fingerprint density at radius 1 is 0.932 bits per heavy atom. The predicted molar refractivity (Wildman–Crippen MR) is 173 cm³/mol. The summed E-state index contributed by atoms with van der Waals surface area (Å²) in [6.45, 7) is 2.67. The van der Waals surface area contributed by atoms with Crippen molar-refractivity contribution in [1.29, 1.82) is 0 Å². The second-order valence-electron chi connectivity index (χ2n) is 11.1. The monoisotopic (exact) mass is 601 g/mol. The molecule has 9 nitrogen and oxygen atoms in total. The highest BCUT2D eigenvalue weighted by atomic mass is 16.5. The maximum absolute atomic E-state index is 13.5. The van der Waals surface area contributed by atoms with Gasteiger partial charge in [-0.3, -0.25) is 14.4 Å². The molecule has 1 aliphatic rings. The lowest BCUT2D eigenvalue weighted by Gasteiger charge is -2.19. The zero-order chi connectivity index (χ0) is 31.6. The number of benzene rings is 2. The van der Waals surface area contributed by atoms with Gasteiger partial charge in [-0.25, -0.2) is 0 Å². The zero-order valence-corrected chi connectivity index (χ0v) is 26.3. The number of carbonyl (C=O) groups is 2. The number of hydrogen-bond donors (Lipinski definition) is 2. The van der Waals surface area contributed by atoms with E-state index in [1.807, 2.05) is 49.5 Å². The molecule has 0 saturated carbocycles. The minimum atomic E-state index is -0.359. The number of ether oxygens (including phenoxy) is 3. The molecule has 3 aromatic rings. The number of methoxy groups -OCH3 is 3. The van der Waals surface area contributed by atoms with Gasteiger partial charge in [0.15, 0.2) is 11.5 Å². The maximum atomic E-state index is 13.5. The molecule has 4 rings (SSSR count). The van der Waals surface area contributed by atoms with Crippen LogP contribution in [0.5, 0.6) is 17.2 Å². The van der Waals surface area contributed by atoms with Crippen LogP contribution in [0.3, 0.4) is 0 Å². The topological polar surface area (TPSA) is 106 Å². The van der Waals surface area contributed by atoms with Gasteiger partial charge in [-0.1, -0.05) is 42.8 Å². The van der Waals surface area contributed by atoms with Crippen LogP contribution in [0, 0.1) is 0 Å². The van der Waals surface area contributed by atoms with Crippen molar-refractivity contribution in [2.45, 2.75) is 58.0 Å². The van der Waals surface area contributed by atoms with E-state index < -0.39 is 0 Å². The van der Waals surface area contributed by atoms with E-state index >= 15 is 0 Å². The fourth-order valence-electron chi connectivity index (χ4n) is 5.79. The van der Waals surface area contributed by atoms with Crippen LogP contribution in [-0.2, 0) is 22.6 Å². The molecule has 0 bridgehead atoms. The van der Waals surface area contributed by atoms with Gasteiger partial charge in [0.05, 0.1) is 33.1 Å². The van der Waals surface area contributed by atoms with Crippen molar-refractivity contribution in [2.24, 2.45) is 0 Å². The first kappa shape index (κ1) is 32.4. The van der Waals surface area contributed by atoms with Crippen LogP contribution in [0.2, 0.25) is 0 Å². The largest absolute Gasteiger partial charge is 0.493 e. The highest BCUT2D eigenvalue weighted by Gasteiger charge is 2.29. The van der Waals surface area contributed by atoms with Gasteiger partial charge < -0.3 is 29.7 Å².